The van der Waals surface area contributed by atoms with E-state index >= 15 is 0 Å². The van der Waals surface area contributed by atoms with Crippen molar-refractivity contribution in [2.45, 2.75) is 66.0 Å². The smallest absolute Gasteiger partial charge is 0.261 e. The van der Waals surface area contributed by atoms with Crippen LogP contribution in [0.25, 0.3) is 0 Å². The highest BCUT2D eigenvalue weighted by Crippen LogP contribution is 2.39. The van der Waals surface area contributed by atoms with E-state index in [1.165, 1.54) is 12.1 Å². The second-order valence-electron chi connectivity index (χ2n) is 9.62. The first-order valence-corrected chi connectivity index (χ1v) is 11.8. The van der Waals surface area contributed by atoms with Crippen molar-refractivity contribution in [2.75, 3.05) is 13.1 Å². The molecular weight excluding hydrogens is 419 g/mol. The van der Waals surface area contributed by atoms with Gasteiger partial charge < -0.3 is 15.0 Å². The highest BCUT2D eigenvalue weighted by atomic mass is 19.1. The molecule has 0 unspecified atom stereocenters. The van der Waals surface area contributed by atoms with E-state index in [2.05, 4.69) is 5.32 Å². The van der Waals surface area contributed by atoms with Crippen LogP contribution in [0, 0.1) is 11.2 Å². The first-order chi connectivity index (χ1) is 15.7. The van der Waals surface area contributed by atoms with Crippen LogP contribution in [-0.4, -0.2) is 35.9 Å². The predicted molar refractivity (Wildman–Crippen MR) is 128 cm³/mol. The number of hydrogen-bond acceptors (Lipinski definition) is 3. The number of rotatable bonds is 7. The highest BCUT2D eigenvalue weighted by molar-refractivity contribution is 5.83. The molecule has 0 spiro atoms. The molecule has 5 nitrogen and oxygen atoms in total. The quantitative estimate of drug-likeness (QED) is 0.638. The summed E-state index contributed by atoms with van der Waals surface area (Å²) in [6.07, 6.45) is 1.54. The summed E-state index contributed by atoms with van der Waals surface area (Å²) in [6.45, 7) is 10.8. The SMILES string of the molecule is CCCNC(=O)[C@@H](CC)Oc1ccc2c(c1)[C@H](c1ccc(F)cc1)N(C(=O)C(C)(C)C)CC2. The van der Waals surface area contributed by atoms with E-state index in [0.717, 1.165) is 29.5 Å². The molecule has 33 heavy (non-hydrogen) atoms. The second kappa shape index (κ2) is 10.4. The number of carbonyl (C=O) groups excluding carboxylic acids is 2. The van der Waals surface area contributed by atoms with Gasteiger partial charge in [0.05, 0.1) is 6.04 Å². The zero-order valence-electron chi connectivity index (χ0n) is 20.3. The van der Waals surface area contributed by atoms with Crippen molar-refractivity contribution >= 4 is 11.8 Å². The van der Waals surface area contributed by atoms with Gasteiger partial charge in [-0.3, -0.25) is 9.59 Å². The molecular formula is C27H35FN2O3. The lowest BCUT2D eigenvalue weighted by molar-refractivity contribution is -0.141. The molecule has 0 aliphatic carbocycles. The van der Waals surface area contributed by atoms with Gasteiger partial charge in [0.1, 0.15) is 11.6 Å². The Morgan fingerprint density at radius 1 is 1.15 bits per heavy atom. The molecule has 2 aromatic carbocycles. The lowest BCUT2D eigenvalue weighted by Crippen LogP contribution is -2.45. The number of fused-ring (bicyclic) bond motifs is 1. The summed E-state index contributed by atoms with van der Waals surface area (Å²) >= 11 is 0. The molecule has 1 aliphatic heterocycles. The fourth-order valence-electron chi connectivity index (χ4n) is 4.17. The number of amides is 2. The Balaban J connectivity index is 2.00. The van der Waals surface area contributed by atoms with Gasteiger partial charge in [0.15, 0.2) is 6.10 Å². The van der Waals surface area contributed by atoms with Gasteiger partial charge in [0.2, 0.25) is 5.91 Å². The minimum Gasteiger partial charge on any atom is -0.481 e. The molecule has 0 radical (unpaired) electrons. The normalized spacial score (nSPS) is 16.7. The van der Waals surface area contributed by atoms with Crippen molar-refractivity contribution in [1.29, 1.82) is 0 Å². The number of nitrogens with one attached hydrogen (secondary N) is 1. The minimum atomic E-state index is -0.588. The van der Waals surface area contributed by atoms with Crippen LogP contribution in [0.5, 0.6) is 5.75 Å². The molecule has 1 aliphatic rings. The predicted octanol–water partition coefficient (Wildman–Crippen LogP) is 5.03. The zero-order chi connectivity index (χ0) is 24.2. The van der Waals surface area contributed by atoms with E-state index in [9.17, 15) is 14.0 Å². The van der Waals surface area contributed by atoms with Gasteiger partial charge in [0, 0.05) is 18.5 Å². The van der Waals surface area contributed by atoms with Crippen LogP contribution in [0.1, 0.15) is 70.2 Å². The highest BCUT2D eigenvalue weighted by Gasteiger charge is 2.37. The lowest BCUT2D eigenvalue weighted by atomic mass is 9.85. The molecule has 2 amide bonds. The summed E-state index contributed by atoms with van der Waals surface area (Å²) in [7, 11) is 0. The maximum atomic E-state index is 13.7. The number of ether oxygens (including phenoxy) is 1. The summed E-state index contributed by atoms with van der Waals surface area (Å²) in [5.74, 6) is 0.185. The molecule has 1 N–H and O–H groups in total. The third-order valence-electron chi connectivity index (χ3n) is 5.92. The van der Waals surface area contributed by atoms with Crippen LogP contribution in [0.15, 0.2) is 42.5 Å². The van der Waals surface area contributed by atoms with Crippen LogP contribution in [0.4, 0.5) is 4.39 Å². The molecule has 0 fully saturated rings. The molecule has 178 valence electrons. The van der Waals surface area contributed by atoms with Gasteiger partial charge in [-0.1, -0.05) is 52.8 Å². The van der Waals surface area contributed by atoms with Gasteiger partial charge in [-0.25, -0.2) is 4.39 Å². The van der Waals surface area contributed by atoms with Gasteiger partial charge in [-0.15, -0.1) is 0 Å². The summed E-state index contributed by atoms with van der Waals surface area (Å²) in [4.78, 5) is 27.7. The molecule has 6 heteroatoms. The van der Waals surface area contributed by atoms with E-state index in [1.807, 2.05) is 57.7 Å². The van der Waals surface area contributed by atoms with Crippen LogP contribution in [0.2, 0.25) is 0 Å². The monoisotopic (exact) mass is 454 g/mol. The molecule has 2 atom stereocenters. The first kappa shape index (κ1) is 24.7. The Bertz CT molecular complexity index is 982. The summed E-state index contributed by atoms with van der Waals surface area (Å²) in [5.41, 5.74) is 2.37. The van der Waals surface area contributed by atoms with E-state index in [1.54, 1.807) is 12.1 Å². The van der Waals surface area contributed by atoms with Crippen molar-refractivity contribution in [3.8, 4) is 5.75 Å². The first-order valence-electron chi connectivity index (χ1n) is 11.8. The maximum Gasteiger partial charge on any atom is 0.261 e. The fraction of sp³-hybridized carbons (Fsp3) is 0.481. The van der Waals surface area contributed by atoms with E-state index in [0.29, 0.717) is 25.3 Å². The summed E-state index contributed by atoms with van der Waals surface area (Å²) < 4.78 is 19.7. The third-order valence-corrected chi connectivity index (χ3v) is 5.92. The molecule has 3 rings (SSSR count). The number of benzene rings is 2. The average Bonchev–Trinajstić information content (AvgIpc) is 2.79. The topological polar surface area (TPSA) is 58.6 Å². The van der Waals surface area contributed by atoms with Crippen molar-refractivity contribution in [3.63, 3.8) is 0 Å². The van der Waals surface area contributed by atoms with Crippen LogP contribution in [0.3, 0.4) is 0 Å². The number of nitrogens with zero attached hydrogens (tertiary/aromatic N) is 1. The molecule has 0 bridgehead atoms. The van der Waals surface area contributed by atoms with Crippen molar-refractivity contribution in [2.24, 2.45) is 5.41 Å². The Hall–Kier alpha value is -2.89. The number of carbonyl (C=O) groups is 2. The third kappa shape index (κ3) is 5.73. The van der Waals surface area contributed by atoms with E-state index in [4.69, 9.17) is 4.74 Å². The number of hydrogen-bond donors (Lipinski definition) is 1. The minimum absolute atomic E-state index is 0.0409. The largest absolute Gasteiger partial charge is 0.481 e. The Morgan fingerprint density at radius 2 is 1.85 bits per heavy atom. The molecule has 0 saturated heterocycles. The van der Waals surface area contributed by atoms with Gasteiger partial charge in [-0.2, -0.15) is 0 Å². The maximum absolute atomic E-state index is 13.7. The van der Waals surface area contributed by atoms with Gasteiger partial charge in [-0.05, 0) is 60.2 Å². The van der Waals surface area contributed by atoms with Gasteiger partial charge in [0.25, 0.3) is 5.91 Å². The van der Waals surface area contributed by atoms with Crippen LogP contribution < -0.4 is 10.1 Å². The van der Waals surface area contributed by atoms with Crippen molar-refractivity contribution < 1.29 is 18.7 Å². The Labute approximate surface area is 196 Å². The van der Waals surface area contributed by atoms with Crippen LogP contribution in [-0.2, 0) is 16.0 Å². The summed E-state index contributed by atoms with van der Waals surface area (Å²) in [6, 6.07) is 11.8. The van der Waals surface area contributed by atoms with E-state index < -0.39 is 11.5 Å². The van der Waals surface area contributed by atoms with Crippen molar-refractivity contribution in [1.82, 2.24) is 10.2 Å². The zero-order valence-corrected chi connectivity index (χ0v) is 20.3. The fourth-order valence-corrected chi connectivity index (χ4v) is 4.17. The van der Waals surface area contributed by atoms with Gasteiger partial charge >= 0.3 is 0 Å². The summed E-state index contributed by atoms with van der Waals surface area (Å²) in [5, 5.41) is 2.89. The molecule has 0 saturated carbocycles. The Kier molecular flexibility index (Phi) is 7.77. The van der Waals surface area contributed by atoms with E-state index in [-0.39, 0.29) is 23.7 Å². The second-order valence-corrected chi connectivity index (χ2v) is 9.62. The molecule has 0 aromatic heterocycles. The average molecular weight is 455 g/mol. The molecule has 2 aromatic rings. The lowest BCUT2D eigenvalue weighted by Gasteiger charge is -2.41. The molecule has 1 heterocycles. The van der Waals surface area contributed by atoms with Crippen LogP contribution >= 0.6 is 0 Å². The Morgan fingerprint density at radius 3 is 2.45 bits per heavy atom. The van der Waals surface area contributed by atoms with Crippen molar-refractivity contribution in [3.05, 3.63) is 65.0 Å². The standard InChI is InChI=1S/C27H35FN2O3/c1-6-15-29-25(31)23(7-2)33-21-13-10-18-14-16-30(26(32)27(3,4)5)24(22(18)17-21)19-8-11-20(28)12-9-19/h8-13,17,23-24H,6-7,14-16H2,1-5H3,(H,29,31)/t23-,24+/m1/s1. The number of halogens is 1.